The molecule has 4 heteroatoms. The third kappa shape index (κ3) is 2.82. The highest BCUT2D eigenvalue weighted by molar-refractivity contribution is 5.97. The van der Waals surface area contributed by atoms with Crippen molar-refractivity contribution in [2.24, 2.45) is 0 Å². The van der Waals surface area contributed by atoms with Crippen molar-refractivity contribution >= 4 is 17.0 Å². The summed E-state index contributed by atoms with van der Waals surface area (Å²) in [6.45, 7) is 0. The molecule has 0 saturated carbocycles. The molecule has 0 amide bonds. The summed E-state index contributed by atoms with van der Waals surface area (Å²) in [6.07, 6.45) is 2.03. The van der Waals surface area contributed by atoms with Gasteiger partial charge < -0.3 is 4.42 Å². The van der Waals surface area contributed by atoms with Gasteiger partial charge in [-0.2, -0.15) is 4.98 Å². The zero-order chi connectivity index (χ0) is 16.4. The molecule has 2 aromatic heterocycles. The zero-order valence-corrected chi connectivity index (χ0v) is 12.8. The van der Waals surface area contributed by atoms with Crippen LogP contribution in [0.2, 0.25) is 0 Å². The second-order valence-electron chi connectivity index (χ2n) is 5.51. The van der Waals surface area contributed by atoms with Crippen molar-refractivity contribution in [3.05, 3.63) is 84.1 Å². The van der Waals surface area contributed by atoms with Crippen molar-refractivity contribution in [1.29, 1.82) is 0 Å². The summed E-state index contributed by atoms with van der Waals surface area (Å²) in [5.41, 5.74) is 3.72. The molecule has 24 heavy (non-hydrogen) atoms. The van der Waals surface area contributed by atoms with Crippen LogP contribution in [0, 0.1) is 0 Å². The summed E-state index contributed by atoms with van der Waals surface area (Å²) in [7, 11) is 0. The Morgan fingerprint density at radius 1 is 0.958 bits per heavy atom. The number of hydrogen-bond donors (Lipinski definition) is 0. The fourth-order valence-corrected chi connectivity index (χ4v) is 2.62. The van der Waals surface area contributed by atoms with Crippen molar-refractivity contribution in [3.63, 3.8) is 0 Å². The maximum absolute atomic E-state index is 12.4. The molecule has 0 aliphatic rings. The highest BCUT2D eigenvalue weighted by Crippen LogP contribution is 2.24. The predicted octanol–water partition coefficient (Wildman–Crippen LogP) is 4.32. The van der Waals surface area contributed by atoms with Crippen LogP contribution in [0.15, 0.2) is 77.3 Å². The minimum atomic E-state index is 0.0898. The van der Waals surface area contributed by atoms with E-state index in [0.29, 0.717) is 29.1 Å². The second kappa shape index (κ2) is 6.08. The highest BCUT2D eigenvalue weighted by Gasteiger charge is 2.11. The first-order valence-electron chi connectivity index (χ1n) is 7.69. The van der Waals surface area contributed by atoms with Gasteiger partial charge in [-0.3, -0.25) is 4.79 Å². The van der Waals surface area contributed by atoms with Gasteiger partial charge in [-0.1, -0.05) is 42.5 Å². The van der Waals surface area contributed by atoms with E-state index in [2.05, 4.69) is 9.97 Å². The van der Waals surface area contributed by atoms with Crippen molar-refractivity contribution in [2.75, 3.05) is 0 Å². The summed E-state index contributed by atoms with van der Waals surface area (Å²) in [5.74, 6) is 0.602. The van der Waals surface area contributed by atoms with Gasteiger partial charge in [0.05, 0.1) is 0 Å². The highest BCUT2D eigenvalue weighted by atomic mass is 16.3. The average molecular weight is 314 g/mol. The number of Topliss-reactive ketones (excluding diaryl/α,β-unsaturated/α-hetero) is 1. The molecule has 0 radical (unpaired) electrons. The Morgan fingerprint density at radius 2 is 1.83 bits per heavy atom. The normalized spacial score (nSPS) is 10.8. The second-order valence-corrected chi connectivity index (χ2v) is 5.51. The lowest BCUT2D eigenvalue weighted by atomic mass is 10.0. The summed E-state index contributed by atoms with van der Waals surface area (Å²) >= 11 is 0. The fourth-order valence-electron chi connectivity index (χ4n) is 2.62. The number of rotatable bonds is 4. The van der Waals surface area contributed by atoms with E-state index < -0.39 is 0 Å². The van der Waals surface area contributed by atoms with E-state index in [1.807, 2.05) is 66.7 Å². The lowest BCUT2D eigenvalue weighted by molar-refractivity contribution is 0.0993. The molecule has 0 aliphatic heterocycles. The molecule has 0 aliphatic carbocycles. The van der Waals surface area contributed by atoms with Crippen LogP contribution >= 0.6 is 0 Å². The van der Waals surface area contributed by atoms with E-state index in [1.54, 1.807) is 6.20 Å². The largest absolute Gasteiger partial charge is 0.434 e. The molecular formula is C20H14N2O2. The van der Waals surface area contributed by atoms with Gasteiger partial charge in [0.15, 0.2) is 17.0 Å². The van der Waals surface area contributed by atoms with Crippen LogP contribution in [0.1, 0.15) is 15.9 Å². The SMILES string of the molecule is O=C(Cc1cccc(-c2nc3ncccc3o2)c1)c1ccccc1. The van der Waals surface area contributed by atoms with Crippen LogP contribution in [0.3, 0.4) is 0 Å². The first-order chi connectivity index (χ1) is 11.8. The number of hydrogen-bond acceptors (Lipinski definition) is 4. The first kappa shape index (κ1) is 14.3. The molecular weight excluding hydrogens is 300 g/mol. The molecule has 0 atom stereocenters. The van der Waals surface area contributed by atoms with Crippen LogP contribution in [-0.2, 0) is 6.42 Å². The van der Waals surface area contributed by atoms with E-state index in [0.717, 1.165) is 11.1 Å². The van der Waals surface area contributed by atoms with Gasteiger partial charge in [0.25, 0.3) is 0 Å². The van der Waals surface area contributed by atoms with Gasteiger partial charge in [0, 0.05) is 23.7 Å². The molecule has 4 nitrogen and oxygen atoms in total. The van der Waals surface area contributed by atoms with Crippen molar-refractivity contribution < 1.29 is 9.21 Å². The van der Waals surface area contributed by atoms with Crippen LogP contribution in [0.25, 0.3) is 22.7 Å². The monoisotopic (exact) mass is 314 g/mol. The first-order valence-corrected chi connectivity index (χ1v) is 7.69. The lowest BCUT2D eigenvalue weighted by Gasteiger charge is -2.03. The number of carbonyl (C=O) groups excluding carboxylic acids is 1. The van der Waals surface area contributed by atoms with Crippen LogP contribution < -0.4 is 0 Å². The molecule has 116 valence electrons. The van der Waals surface area contributed by atoms with E-state index in [9.17, 15) is 4.79 Å². The van der Waals surface area contributed by atoms with E-state index in [1.165, 1.54) is 0 Å². The van der Waals surface area contributed by atoms with Gasteiger partial charge in [-0.25, -0.2) is 4.98 Å². The molecule has 0 bridgehead atoms. The Balaban J connectivity index is 1.63. The smallest absolute Gasteiger partial charge is 0.228 e. The number of oxazole rings is 1. The molecule has 0 fully saturated rings. The summed E-state index contributed by atoms with van der Waals surface area (Å²) in [6, 6.07) is 20.6. The molecule has 2 aromatic carbocycles. The number of benzene rings is 2. The van der Waals surface area contributed by atoms with Crippen LogP contribution in [-0.4, -0.2) is 15.8 Å². The van der Waals surface area contributed by atoms with Crippen LogP contribution in [0.4, 0.5) is 0 Å². The van der Waals surface area contributed by atoms with E-state index in [-0.39, 0.29) is 5.78 Å². The predicted molar refractivity (Wildman–Crippen MR) is 91.7 cm³/mol. The third-order valence-corrected chi connectivity index (χ3v) is 3.80. The molecule has 0 N–H and O–H groups in total. The Bertz CT molecular complexity index is 973. The maximum atomic E-state index is 12.4. The standard InChI is InChI=1S/C20H14N2O2/c23-17(15-7-2-1-3-8-15)13-14-6-4-9-16(12-14)20-22-19-18(24-20)10-5-11-21-19/h1-12H,13H2. The summed E-state index contributed by atoms with van der Waals surface area (Å²) < 4.78 is 5.74. The fraction of sp³-hybridized carbons (Fsp3) is 0.0500. The molecule has 2 heterocycles. The van der Waals surface area contributed by atoms with E-state index in [4.69, 9.17) is 4.42 Å². The number of nitrogens with zero attached hydrogens (tertiary/aromatic N) is 2. The quantitative estimate of drug-likeness (QED) is 0.527. The number of carbonyl (C=O) groups is 1. The molecule has 0 spiro atoms. The Hall–Kier alpha value is -3.27. The van der Waals surface area contributed by atoms with Crippen molar-refractivity contribution in [2.45, 2.75) is 6.42 Å². The van der Waals surface area contributed by atoms with E-state index >= 15 is 0 Å². The third-order valence-electron chi connectivity index (χ3n) is 3.80. The van der Waals surface area contributed by atoms with Gasteiger partial charge in [0.1, 0.15) is 0 Å². The number of pyridine rings is 1. The number of ketones is 1. The molecule has 0 saturated heterocycles. The number of fused-ring (bicyclic) bond motifs is 1. The van der Waals surface area contributed by atoms with Crippen molar-refractivity contribution in [3.8, 4) is 11.5 Å². The summed E-state index contributed by atoms with van der Waals surface area (Å²) in [4.78, 5) is 20.9. The van der Waals surface area contributed by atoms with Gasteiger partial charge in [0.2, 0.25) is 5.89 Å². The topological polar surface area (TPSA) is 56.0 Å². The van der Waals surface area contributed by atoms with Crippen LogP contribution in [0.5, 0.6) is 0 Å². The molecule has 0 unspecified atom stereocenters. The lowest BCUT2D eigenvalue weighted by Crippen LogP contribution is -2.03. The Kier molecular flexibility index (Phi) is 3.63. The Labute approximate surface area is 138 Å². The van der Waals surface area contributed by atoms with Gasteiger partial charge >= 0.3 is 0 Å². The molecule has 4 rings (SSSR count). The molecule has 4 aromatic rings. The Morgan fingerprint density at radius 3 is 2.67 bits per heavy atom. The maximum Gasteiger partial charge on any atom is 0.228 e. The average Bonchev–Trinajstić information content (AvgIpc) is 3.07. The summed E-state index contributed by atoms with van der Waals surface area (Å²) in [5, 5.41) is 0. The minimum absolute atomic E-state index is 0.0898. The minimum Gasteiger partial charge on any atom is -0.434 e. The zero-order valence-electron chi connectivity index (χ0n) is 12.8. The van der Waals surface area contributed by atoms with Gasteiger partial charge in [-0.05, 0) is 29.8 Å². The van der Waals surface area contributed by atoms with Crippen molar-refractivity contribution in [1.82, 2.24) is 9.97 Å². The number of aromatic nitrogens is 2. The van der Waals surface area contributed by atoms with Gasteiger partial charge in [-0.15, -0.1) is 0 Å².